The summed E-state index contributed by atoms with van der Waals surface area (Å²) in [6, 6.07) is 0. The summed E-state index contributed by atoms with van der Waals surface area (Å²) in [5.41, 5.74) is 0. The molecule has 0 spiro atoms. The second-order valence-corrected chi connectivity index (χ2v) is 6.68. The van der Waals surface area contributed by atoms with Crippen molar-refractivity contribution < 1.29 is 4.74 Å². The highest BCUT2D eigenvalue weighted by Crippen LogP contribution is 1.99. The van der Waals surface area contributed by atoms with Crippen LogP contribution in [0.25, 0.3) is 0 Å². The number of ether oxygens (including phenoxy) is 1. The van der Waals surface area contributed by atoms with Crippen LogP contribution >= 0.6 is 12.9 Å². The van der Waals surface area contributed by atoms with Gasteiger partial charge in [0, 0.05) is 13.2 Å². The predicted molar refractivity (Wildman–Crippen MR) is 54.4 cm³/mol. The van der Waals surface area contributed by atoms with Gasteiger partial charge in [-0.3, -0.25) is 0 Å². The first-order chi connectivity index (χ1) is 5.27. The van der Waals surface area contributed by atoms with Crippen molar-refractivity contribution in [1.29, 1.82) is 0 Å². The normalized spacial score (nSPS) is 10.2. The summed E-state index contributed by atoms with van der Waals surface area (Å²) < 4.78 is 6.85. The van der Waals surface area contributed by atoms with Gasteiger partial charge in [-0.25, -0.2) is 0 Å². The smallest absolute Gasteiger partial charge is 0.381 e. The van der Waals surface area contributed by atoms with Crippen LogP contribution in [0.15, 0.2) is 0 Å². The Kier molecular flexibility index (Phi) is 10.3. The maximum Gasteiger partial charge on any atom is 0.468 e. The van der Waals surface area contributed by atoms with Crippen LogP contribution < -0.4 is 0 Å². The van der Waals surface area contributed by atoms with Gasteiger partial charge in [0.1, 0.15) is 0 Å². The van der Waals surface area contributed by atoms with Crippen LogP contribution in [0.2, 0.25) is 4.55 Å². The lowest BCUT2D eigenvalue weighted by Gasteiger charge is -2.05. The Morgan fingerprint density at radius 3 is 2.64 bits per heavy atom. The van der Waals surface area contributed by atoms with Gasteiger partial charge >= 0.3 is 18.2 Å². The van der Waals surface area contributed by atoms with E-state index >= 15 is 0 Å². The van der Waals surface area contributed by atoms with E-state index < -0.39 is 0 Å². The van der Waals surface area contributed by atoms with E-state index in [1.165, 1.54) is 17.4 Å². The van der Waals surface area contributed by atoms with Crippen molar-refractivity contribution >= 4 is 31.1 Å². The number of unbranched alkanes of at least 4 members (excludes halogenated alkanes) is 1. The molecule has 0 N–H and O–H groups in total. The van der Waals surface area contributed by atoms with Crippen molar-refractivity contribution in [2.45, 2.75) is 31.2 Å². The van der Waals surface area contributed by atoms with E-state index in [1.807, 2.05) is 0 Å². The molecule has 0 fully saturated rings. The van der Waals surface area contributed by atoms with Crippen LogP contribution in [0.3, 0.4) is 0 Å². The summed E-state index contributed by atoms with van der Waals surface area (Å²) in [6.45, 7) is 6.25. The largest absolute Gasteiger partial charge is 0.468 e. The van der Waals surface area contributed by atoms with Gasteiger partial charge in [-0.15, -0.1) is 4.55 Å². The van der Waals surface area contributed by atoms with E-state index in [2.05, 4.69) is 26.7 Å². The molecule has 0 aliphatic heterocycles. The Balaban J connectivity index is 2.80. The lowest BCUT2D eigenvalue weighted by atomic mass is 10.2. The van der Waals surface area contributed by atoms with Crippen molar-refractivity contribution in [1.82, 2.24) is 0 Å². The van der Waals surface area contributed by atoms with Gasteiger partial charge in [0.2, 0.25) is 0 Å². The molecule has 0 aromatic carbocycles. The third kappa shape index (κ3) is 11.2. The van der Waals surface area contributed by atoms with Gasteiger partial charge in [-0.2, -0.15) is 0 Å². The standard InChI is InChI=1S/C8H17O.BrH.Mg/c1-4-5-6-9-7-8(2)3;;/h8H,1,4-7H2,2-3H3;1H;/q;;+1/p-1. The molecule has 0 aromatic rings. The molecule has 0 aliphatic rings. The average molecular weight is 233 g/mol. The fraction of sp³-hybridized carbons (Fsp3) is 1.00. The van der Waals surface area contributed by atoms with E-state index in [4.69, 9.17) is 4.74 Å². The zero-order valence-corrected chi connectivity index (χ0v) is 10.6. The quantitative estimate of drug-likeness (QED) is 0.485. The van der Waals surface area contributed by atoms with Crippen LogP contribution in [-0.4, -0.2) is 31.4 Å². The first kappa shape index (κ1) is 12.2. The first-order valence-corrected chi connectivity index (χ1v) is 9.31. The molecule has 0 atom stereocenters. The van der Waals surface area contributed by atoms with Gasteiger partial charge in [0.25, 0.3) is 0 Å². The maximum atomic E-state index is 5.44. The summed E-state index contributed by atoms with van der Waals surface area (Å²) in [7, 11) is 0. The van der Waals surface area contributed by atoms with E-state index in [-0.39, 0.29) is 18.2 Å². The molecule has 1 nitrogen and oxygen atoms in total. The Morgan fingerprint density at radius 2 is 2.09 bits per heavy atom. The molecule has 0 saturated heterocycles. The minimum atomic E-state index is 0.121. The van der Waals surface area contributed by atoms with Crippen LogP contribution in [0.1, 0.15) is 26.7 Å². The van der Waals surface area contributed by atoms with Crippen molar-refractivity contribution in [3.63, 3.8) is 0 Å². The maximum absolute atomic E-state index is 5.44. The molecule has 0 heterocycles. The summed E-state index contributed by atoms with van der Waals surface area (Å²) in [5.74, 6) is 0.681. The number of rotatable bonds is 7. The van der Waals surface area contributed by atoms with E-state index in [9.17, 15) is 0 Å². The van der Waals surface area contributed by atoms with Crippen molar-refractivity contribution in [2.75, 3.05) is 13.2 Å². The Bertz CT molecular complexity index is 78.5. The second-order valence-electron chi connectivity index (χ2n) is 3.22. The summed E-state index contributed by atoms with van der Waals surface area (Å²) in [6.07, 6.45) is 2.58. The lowest BCUT2D eigenvalue weighted by Crippen LogP contribution is -2.02. The number of halogens is 1. The average Bonchev–Trinajstić information content (AvgIpc) is 1.96. The lowest BCUT2D eigenvalue weighted by molar-refractivity contribution is 0.107. The number of hydrogen-bond acceptors (Lipinski definition) is 1. The predicted octanol–water partition coefficient (Wildman–Crippen LogP) is 2.87. The molecule has 0 bridgehead atoms. The fourth-order valence-electron chi connectivity index (χ4n) is 0.794. The van der Waals surface area contributed by atoms with Gasteiger partial charge < -0.3 is 17.6 Å². The van der Waals surface area contributed by atoms with Crippen molar-refractivity contribution in [3.8, 4) is 0 Å². The highest BCUT2D eigenvalue weighted by atomic mass is 79.9. The monoisotopic (exact) mass is 232 g/mol. The van der Waals surface area contributed by atoms with Crippen molar-refractivity contribution in [2.24, 2.45) is 5.92 Å². The zero-order valence-electron chi connectivity index (χ0n) is 7.61. The summed E-state index contributed by atoms with van der Waals surface area (Å²) in [4.78, 5) is 0. The van der Waals surface area contributed by atoms with Gasteiger partial charge in [-0.05, 0) is 12.3 Å². The minimum absolute atomic E-state index is 0.121. The molecule has 0 unspecified atom stereocenters. The van der Waals surface area contributed by atoms with E-state index in [0.29, 0.717) is 5.92 Å². The molecule has 3 heteroatoms. The van der Waals surface area contributed by atoms with Gasteiger partial charge in [0.15, 0.2) is 0 Å². The van der Waals surface area contributed by atoms with Crippen LogP contribution in [-0.2, 0) is 4.74 Å². The second kappa shape index (κ2) is 9.30. The van der Waals surface area contributed by atoms with Gasteiger partial charge in [0.05, 0.1) is 0 Å². The van der Waals surface area contributed by atoms with Crippen LogP contribution in [0.5, 0.6) is 0 Å². The molecule has 0 rings (SSSR count). The van der Waals surface area contributed by atoms with Crippen LogP contribution in [0, 0.1) is 5.92 Å². The van der Waals surface area contributed by atoms with E-state index in [0.717, 1.165) is 13.2 Å². The molecule has 0 radical (unpaired) electrons. The van der Waals surface area contributed by atoms with Crippen LogP contribution in [0.4, 0.5) is 0 Å². The third-order valence-electron chi connectivity index (χ3n) is 1.37. The molecule has 0 amide bonds. The van der Waals surface area contributed by atoms with Crippen molar-refractivity contribution in [3.05, 3.63) is 0 Å². The molecule has 11 heavy (non-hydrogen) atoms. The highest BCUT2D eigenvalue weighted by Gasteiger charge is 1.94. The number of hydrogen-bond donors (Lipinski definition) is 0. The SMILES string of the molecule is CC(C)COCCC[CH2][Mg][Br]. The molecular formula is C8H17BrMgO. The van der Waals surface area contributed by atoms with Gasteiger partial charge in [-0.1, -0.05) is 20.3 Å². The Hall–Kier alpha value is 1.21. The minimum Gasteiger partial charge on any atom is -0.381 e. The zero-order chi connectivity index (χ0) is 8.53. The first-order valence-electron chi connectivity index (χ1n) is 4.41. The molecule has 0 aromatic heterocycles. The fourth-order valence-corrected chi connectivity index (χ4v) is 2.53. The summed E-state index contributed by atoms with van der Waals surface area (Å²) >= 11 is 3.66. The molecule has 0 aliphatic carbocycles. The Labute approximate surface area is 85.9 Å². The third-order valence-corrected chi connectivity index (χ3v) is 3.82. The van der Waals surface area contributed by atoms with E-state index in [1.54, 1.807) is 0 Å². The Morgan fingerprint density at radius 1 is 1.36 bits per heavy atom. The molecule has 0 saturated carbocycles. The highest BCUT2D eigenvalue weighted by molar-refractivity contribution is 9.23. The summed E-state index contributed by atoms with van der Waals surface area (Å²) in [5, 5.41) is 0. The molecule has 64 valence electrons. The molecular weight excluding hydrogens is 216 g/mol. The topological polar surface area (TPSA) is 9.23 Å².